The van der Waals surface area contributed by atoms with Crippen molar-refractivity contribution in [3.63, 3.8) is 0 Å². The lowest BCUT2D eigenvalue weighted by Gasteiger charge is -2.13. The third-order valence-corrected chi connectivity index (χ3v) is 2.71. The molecule has 7 nitrogen and oxygen atoms in total. The molecule has 0 saturated carbocycles. The summed E-state index contributed by atoms with van der Waals surface area (Å²) in [6.07, 6.45) is 3.27. The van der Waals surface area contributed by atoms with Crippen LogP contribution in [0.15, 0.2) is 12.2 Å². The quantitative estimate of drug-likeness (QED) is 0.408. The first-order chi connectivity index (χ1) is 8.51. The Hall–Kier alpha value is -2.01. The molecule has 18 heavy (non-hydrogen) atoms. The second-order valence-electron chi connectivity index (χ2n) is 3.02. The molecule has 3 N–H and O–H groups in total. The van der Waals surface area contributed by atoms with Gasteiger partial charge in [-0.2, -0.15) is 17.0 Å². The molecular formula is C10H13N3O4S. The largest absolute Gasteiger partial charge is 0.478 e. The Morgan fingerprint density at radius 2 is 2.06 bits per heavy atom. The lowest BCUT2D eigenvalue weighted by atomic mass is 10.3. The first-order valence-electron chi connectivity index (χ1n) is 4.87. The minimum Gasteiger partial charge on any atom is -0.478 e. The van der Waals surface area contributed by atoms with Crippen LogP contribution >= 0.6 is 11.8 Å². The molecule has 0 aromatic rings. The van der Waals surface area contributed by atoms with E-state index in [0.717, 1.165) is 6.08 Å². The van der Waals surface area contributed by atoms with Crippen molar-refractivity contribution in [1.29, 1.82) is 5.26 Å². The Kier molecular flexibility index (Phi) is 8.05. The normalized spacial score (nSPS) is 11.6. The minimum absolute atomic E-state index is 0.0568. The summed E-state index contributed by atoms with van der Waals surface area (Å²) in [5, 5.41) is 20.8. The Morgan fingerprint density at radius 1 is 1.39 bits per heavy atom. The summed E-state index contributed by atoms with van der Waals surface area (Å²) in [7, 11) is 0. The van der Waals surface area contributed by atoms with E-state index in [1.165, 1.54) is 11.8 Å². The van der Waals surface area contributed by atoms with Gasteiger partial charge in [-0.15, -0.1) is 0 Å². The van der Waals surface area contributed by atoms with Gasteiger partial charge in [-0.25, -0.2) is 4.79 Å². The van der Waals surface area contributed by atoms with Crippen molar-refractivity contribution >= 4 is 29.5 Å². The zero-order valence-corrected chi connectivity index (χ0v) is 10.5. The van der Waals surface area contributed by atoms with Gasteiger partial charge < -0.3 is 15.7 Å². The second kappa shape index (κ2) is 9.07. The average molecular weight is 271 g/mol. The van der Waals surface area contributed by atoms with Crippen molar-refractivity contribution in [1.82, 2.24) is 10.6 Å². The molecule has 0 aliphatic heterocycles. The van der Waals surface area contributed by atoms with Crippen LogP contribution in [0.1, 0.15) is 0 Å². The molecule has 0 heterocycles. The van der Waals surface area contributed by atoms with E-state index in [0.29, 0.717) is 6.08 Å². The van der Waals surface area contributed by atoms with Crippen LogP contribution in [0.5, 0.6) is 0 Å². The number of carbonyl (C=O) groups is 3. The van der Waals surface area contributed by atoms with Gasteiger partial charge in [0.05, 0.1) is 6.07 Å². The summed E-state index contributed by atoms with van der Waals surface area (Å²) in [6, 6.07) is 1.77. The number of nitrogens with one attached hydrogen (secondary N) is 2. The van der Waals surface area contributed by atoms with Crippen molar-refractivity contribution in [2.24, 2.45) is 0 Å². The number of amides is 2. The van der Waals surface area contributed by atoms with Crippen molar-refractivity contribution < 1.29 is 19.5 Å². The monoisotopic (exact) mass is 271 g/mol. The zero-order valence-electron chi connectivity index (χ0n) is 9.67. The molecule has 0 spiro atoms. The van der Waals surface area contributed by atoms with Crippen LogP contribution in [0.4, 0.5) is 0 Å². The molecule has 0 fully saturated rings. The first kappa shape index (κ1) is 16.0. The molecule has 0 aliphatic rings. The SMILES string of the molecule is CSC(CNC(=O)C=CC(=O)O)C(=O)NCC#N. The molecule has 0 saturated heterocycles. The minimum atomic E-state index is -1.22. The van der Waals surface area contributed by atoms with Gasteiger partial charge in [0.1, 0.15) is 11.8 Å². The van der Waals surface area contributed by atoms with E-state index in [1.54, 1.807) is 12.3 Å². The molecule has 2 amide bonds. The van der Waals surface area contributed by atoms with E-state index in [-0.39, 0.29) is 19.0 Å². The van der Waals surface area contributed by atoms with E-state index in [4.69, 9.17) is 10.4 Å². The molecule has 8 heteroatoms. The topological polar surface area (TPSA) is 119 Å². The highest BCUT2D eigenvalue weighted by atomic mass is 32.2. The van der Waals surface area contributed by atoms with Gasteiger partial charge in [-0.1, -0.05) is 0 Å². The Bertz CT molecular complexity index is 389. The summed E-state index contributed by atoms with van der Waals surface area (Å²) in [6.45, 7) is -0.0377. The van der Waals surface area contributed by atoms with E-state index >= 15 is 0 Å². The fourth-order valence-electron chi connectivity index (χ4n) is 0.923. The second-order valence-corrected chi connectivity index (χ2v) is 4.06. The number of rotatable bonds is 7. The van der Waals surface area contributed by atoms with Crippen LogP contribution in [-0.2, 0) is 14.4 Å². The summed E-state index contributed by atoms with van der Waals surface area (Å²) >= 11 is 1.22. The predicted octanol–water partition coefficient (Wildman–Crippen LogP) is -0.885. The third kappa shape index (κ3) is 7.29. The third-order valence-electron chi connectivity index (χ3n) is 1.76. The maximum absolute atomic E-state index is 11.5. The summed E-state index contributed by atoms with van der Waals surface area (Å²) in [5.74, 6) is -2.17. The number of nitriles is 1. The maximum atomic E-state index is 11.5. The molecule has 0 bridgehead atoms. The lowest BCUT2D eigenvalue weighted by Crippen LogP contribution is -2.40. The van der Waals surface area contributed by atoms with Crippen LogP contribution in [-0.4, -0.2) is 47.5 Å². The lowest BCUT2D eigenvalue weighted by molar-refractivity contribution is -0.131. The Morgan fingerprint density at radius 3 is 2.56 bits per heavy atom. The van der Waals surface area contributed by atoms with Gasteiger partial charge in [0.15, 0.2) is 0 Å². The summed E-state index contributed by atoms with van der Waals surface area (Å²) < 4.78 is 0. The molecule has 1 unspecified atom stereocenters. The predicted molar refractivity (Wildman–Crippen MR) is 65.7 cm³/mol. The van der Waals surface area contributed by atoms with Crippen LogP contribution in [0.3, 0.4) is 0 Å². The molecule has 1 atom stereocenters. The molecule has 0 radical (unpaired) electrons. The number of carbonyl (C=O) groups excluding carboxylic acids is 2. The molecule has 0 aliphatic carbocycles. The highest BCUT2D eigenvalue weighted by Crippen LogP contribution is 2.04. The fourth-order valence-corrected chi connectivity index (χ4v) is 1.47. The molecule has 98 valence electrons. The number of hydrogen-bond acceptors (Lipinski definition) is 5. The molecular weight excluding hydrogens is 258 g/mol. The van der Waals surface area contributed by atoms with E-state index in [9.17, 15) is 14.4 Å². The van der Waals surface area contributed by atoms with Gasteiger partial charge in [0, 0.05) is 18.7 Å². The molecule has 0 aromatic heterocycles. The number of carboxylic acid groups (broad SMARTS) is 1. The average Bonchev–Trinajstić information content (AvgIpc) is 2.34. The smallest absolute Gasteiger partial charge is 0.328 e. The van der Waals surface area contributed by atoms with E-state index in [2.05, 4.69) is 10.6 Å². The van der Waals surface area contributed by atoms with Crippen molar-refractivity contribution in [2.75, 3.05) is 19.3 Å². The van der Waals surface area contributed by atoms with Crippen molar-refractivity contribution in [3.05, 3.63) is 12.2 Å². The number of hydrogen-bond donors (Lipinski definition) is 3. The number of aliphatic carboxylic acids is 1. The van der Waals surface area contributed by atoms with Crippen LogP contribution < -0.4 is 10.6 Å². The Balaban J connectivity index is 4.15. The number of thioether (sulfide) groups is 1. The van der Waals surface area contributed by atoms with Gasteiger partial charge in [-0.3, -0.25) is 9.59 Å². The number of nitrogens with zero attached hydrogens (tertiary/aromatic N) is 1. The van der Waals surface area contributed by atoms with Gasteiger partial charge in [-0.05, 0) is 6.26 Å². The molecule has 0 aromatic carbocycles. The highest BCUT2D eigenvalue weighted by molar-refractivity contribution is 7.99. The summed E-state index contributed by atoms with van der Waals surface area (Å²) in [4.78, 5) is 32.8. The van der Waals surface area contributed by atoms with E-state index < -0.39 is 17.1 Å². The van der Waals surface area contributed by atoms with Gasteiger partial charge >= 0.3 is 5.97 Å². The maximum Gasteiger partial charge on any atom is 0.328 e. The zero-order chi connectivity index (χ0) is 14.0. The van der Waals surface area contributed by atoms with Crippen molar-refractivity contribution in [2.45, 2.75) is 5.25 Å². The highest BCUT2D eigenvalue weighted by Gasteiger charge is 2.16. The summed E-state index contributed by atoms with van der Waals surface area (Å²) in [5.41, 5.74) is 0. The standard InChI is InChI=1S/C10H13N3O4S/c1-18-7(10(17)12-5-4-11)6-13-8(14)2-3-9(15)16/h2-3,7H,5-6H2,1H3,(H,12,17)(H,13,14)(H,15,16). The first-order valence-corrected chi connectivity index (χ1v) is 6.16. The van der Waals surface area contributed by atoms with Crippen LogP contribution in [0.2, 0.25) is 0 Å². The van der Waals surface area contributed by atoms with Crippen molar-refractivity contribution in [3.8, 4) is 6.07 Å². The van der Waals surface area contributed by atoms with E-state index in [1.807, 2.05) is 0 Å². The van der Waals surface area contributed by atoms with Crippen LogP contribution in [0, 0.1) is 11.3 Å². The van der Waals surface area contributed by atoms with Gasteiger partial charge in [0.2, 0.25) is 11.8 Å². The Labute approximate surface area is 108 Å². The van der Waals surface area contributed by atoms with Crippen LogP contribution in [0.25, 0.3) is 0 Å². The fraction of sp³-hybridized carbons (Fsp3) is 0.400. The number of carboxylic acids is 1. The van der Waals surface area contributed by atoms with Gasteiger partial charge in [0.25, 0.3) is 0 Å². The molecule has 0 rings (SSSR count).